The van der Waals surface area contributed by atoms with E-state index in [9.17, 15) is 9.59 Å². The molecule has 0 heterocycles. The number of methoxy groups -OCH3 is 4. The van der Waals surface area contributed by atoms with Crippen LogP contribution in [0, 0.1) is 0 Å². The van der Waals surface area contributed by atoms with E-state index in [-0.39, 0.29) is 18.2 Å². The summed E-state index contributed by atoms with van der Waals surface area (Å²) in [5.41, 5.74) is 1.77. The third-order valence-electron chi connectivity index (χ3n) is 4.22. The molecular weight excluding hydrogens is 376 g/mol. The fourth-order valence-electron chi connectivity index (χ4n) is 2.87. The van der Waals surface area contributed by atoms with E-state index < -0.39 is 0 Å². The van der Waals surface area contributed by atoms with Gasteiger partial charge < -0.3 is 29.6 Å². The Morgan fingerprint density at radius 3 is 2.14 bits per heavy atom. The molecule has 0 aliphatic heterocycles. The van der Waals surface area contributed by atoms with Gasteiger partial charge in [-0.15, -0.1) is 0 Å². The first kappa shape index (κ1) is 21.9. The van der Waals surface area contributed by atoms with Crippen LogP contribution in [0.25, 0.3) is 0 Å². The summed E-state index contributed by atoms with van der Waals surface area (Å²) >= 11 is 0. The Morgan fingerprint density at radius 2 is 1.55 bits per heavy atom. The van der Waals surface area contributed by atoms with Crippen LogP contribution in [0.15, 0.2) is 30.3 Å². The lowest BCUT2D eigenvalue weighted by Crippen LogP contribution is -2.15. The summed E-state index contributed by atoms with van der Waals surface area (Å²) < 4.78 is 21.3. The van der Waals surface area contributed by atoms with Crippen molar-refractivity contribution >= 4 is 23.2 Å². The van der Waals surface area contributed by atoms with E-state index in [4.69, 9.17) is 18.9 Å². The number of hydrogen-bond acceptors (Lipinski definition) is 6. The van der Waals surface area contributed by atoms with Crippen LogP contribution in [-0.2, 0) is 16.0 Å². The molecule has 0 saturated carbocycles. The van der Waals surface area contributed by atoms with Crippen molar-refractivity contribution in [3.05, 3.63) is 35.9 Å². The number of benzene rings is 2. The topological polar surface area (TPSA) is 95.1 Å². The van der Waals surface area contributed by atoms with Crippen LogP contribution >= 0.6 is 0 Å². The molecule has 0 atom stereocenters. The summed E-state index contributed by atoms with van der Waals surface area (Å²) in [6.07, 6.45) is 0.622. The number of anilines is 2. The second-order valence-corrected chi connectivity index (χ2v) is 6.13. The van der Waals surface area contributed by atoms with Crippen molar-refractivity contribution in [2.45, 2.75) is 19.8 Å². The summed E-state index contributed by atoms with van der Waals surface area (Å²) in [5, 5.41) is 5.51. The highest BCUT2D eigenvalue weighted by atomic mass is 16.5. The summed E-state index contributed by atoms with van der Waals surface area (Å²) in [7, 11) is 6.15. The van der Waals surface area contributed by atoms with Gasteiger partial charge in [-0.25, -0.2) is 0 Å². The van der Waals surface area contributed by atoms with E-state index >= 15 is 0 Å². The number of hydrogen-bond donors (Lipinski definition) is 2. The summed E-state index contributed by atoms with van der Waals surface area (Å²) in [6.45, 7) is 1.40. The standard InChI is InChI=1S/C21H26N2O6/c1-13(24)22-16-9-8-15(26-2)12-17(16)23-19(25)11-7-14-6-10-18(27-3)21(29-5)20(14)28-4/h6,8-10,12H,7,11H2,1-5H3,(H,22,24)(H,23,25). The number of amides is 2. The molecule has 0 aliphatic rings. The molecule has 2 aromatic rings. The maximum Gasteiger partial charge on any atom is 0.224 e. The fourth-order valence-corrected chi connectivity index (χ4v) is 2.87. The van der Waals surface area contributed by atoms with Crippen molar-refractivity contribution in [1.29, 1.82) is 0 Å². The highest BCUT2D eigenvalue weighted by Crippen LogP contribution is 2.40. The third-order valence-corrected chi connectivity index (χ3v) is 4.22. The first-order valence-electron chi connectivity index (χ1n) is 8.96. The zero-order valence-corrected chi connectivity index (χ0v) is 17.3. The molecule has 8 heteroatoms. The minimum atomic E-state index is -0.235. The lowest BCUT2D eigenvalue weighted by atomic mass is 10.1. The van der Waals surface area contributed by atoms with E-state index in [0.29, 0.717) is 40.8 Å². The van der Waals surface area contributed by atoms with Crippen molar-refractivity contribution in [3.8, 4) is 23.0 Å². The predicted molar refractivity (Wildman–Crippen MR) is 110 cm³/mol. The first-order chi connectivity index (χ1) is 13.9. The van der Waals surface area contributed by atoms with Crippen molar-refractivity contribution in [2.24, 2.45) is 0 Å². The number of ether oxygens (including phenoxy) is 4. The average molecular weight is 402 g/mol. The van der Waals surface area contributed by atoms with Crippen molar-refractivity contribution < 1.29 is 28.5 Å². The van der Waals surface area contributed by atoms with E-state index in [2.05, 4.69) is 10.6 Å². The molecule has 2 amide bonds. The number of carbonyl (C=O) groups is 2. The van der Waals surface area contributed by atoms with E-state index in [0.717, 1.165) is 5.56 Å². The molecule has 0 fully saturated rings. The molecule has 0 saturated heterocycles. The quantitative estimate of drug-likeness (QED) is 0.669. The van der Waals surface area contributed by atoms with Crippen LogP contribution < -0.4 is 29.6 Å². The number of nitrogens with one attached hydrogen (secondary N) is 2. The van der Waals surface area contributed by atoms with E-state index in [1.165, 1.54) is 28.3 Å². The van der Waals surface area contributed by atoms with E-state index in [1.54, 1.807) is 31.4 Å². The summed E-state index contributed by atoms with van der Waals surface area (Å²) in [5.74, 6) is 1.67. The molecule has 0 spiro atoms. The van der Waals surface area contributed by atoms with Crippen LogP contribution in [-0.4, -0.2) is 40.3 Å². The zero-order valence-electron chi connectivity index (χ0n) is 17.3. The Bertz CT molecular complexity index is 882. The van der Waals surface area contributed by atoms with Gasteiger partial charge in [-0.2, -0.15) is 0 Å². The minimum absolute atomic E-state index is 0.197. The molecule has 0 bridgehead atoms. The highest BCUT2D eigenvalue weighted by Gasteiger charge is 2.17. The normalized spacial score (nSPS) is 10.1. The predicted octanol–water partition coefficient (Wildman–Crippen LogP) is 3.25. The molecule has 8 nitrogen and oxygen atoms in total. The molecular formula is C21H26N2O6. The summed E-state index contributed by atoms with van der Waals surface area (Å²) in [4.78, 5) is 23.9. The van der Waals surface area contributed by atoms with Gasteiger partial charge in [0.2, 0.25) is 17.6 Å². The van der Waals surface area contributed by atoms with Crippen LogP contribution in [0.4, 0.5) is 11.4 Å². The molecule has 0 aromatic heterocycles. The van der Waals surface area contributed by atoms with Crippen molar-refractivity contribution in [2.75, 3.05) is 39.1 Å². The molecule has 0 unspecified atom stereocenters. The summed E-state index contributed by atoms with van der Waals surface area (Å²) in [6, 6.07) is 8.64. The van der Waals surface area contributed by atoms with Gasteiger partial charge >= 0.3 is 0 Å². The van der Waals surface area contributed by atoms with Gasteiger partial charge in [-0.1, -0.05) is 6.07 Å². The molecule has 2 rings (SSSR count). The van der Waals surface area contributed by atoms with Gasteiger partial charge in [0.15, 0.2) is 11.5 Å². The molecule has 29 heavy (non-hydrogen) atoms. The maximum absolute atomic E-state index is 12.5. The van der Waals surface area contributed by atoms with Gasteiger partial charge in [0.25, 0.3) is 0 Å². The highest BCUT2D eigenvalue weighted by molar-refractivity contribution is 5.99. The lowest BCUT2D eigenvalue weighted by molar-refractivity contribution is -0.116. The molecule has 156 valence electrons. The molecule has 2 aromatic carbocycles. The third kappa shape index (κ3) is 5.54. The van der Waals surface area contributed by atoms with Crippen LogP contribution in [0.2, 0.25) is 0 Å². The van der Waals surface area contributed by atoms with Crippen LogP contribution in [0.5, 0.6) is 23.0 Å². The largest absolute Gasteiger partial charge is 0.497 e. The second kappa shape index (κ2) is 10.2. The van der Waals surface area contributed by atoms with Gasteiger partial charge in [0.1, 0.15) is 5.75 Å². The minimum Gasteiger partial charge on any atom is -0.497 e. The van der Waals surface area contributed by atoms with Crippen LogP contribution in [0.3, 0.4) is 0 Å². The van der Waals surface area contributed by atoms with Crippen LogP contribution in [0.1, 0.15) is 18.9 Å². The van der Waals surface area contributed by atoms with Gasteiger partial charge in [-0.05, 0) is 30.2 Å². The number of rotatable bonds is 9. The van der Waals surface area contributed by atoms with E-state index in [1.807, 2.05) is 6.07 Å². The van der Waals surface area contributed by atoms with Crippen molar-refractivity contribution in [1.82, 2.24) is 0 Å². The lowest BCUT2D eigenvalue weighted by Gasteiger charge is -2.16. The molecule has 0 aliphatic carbocycles. The number of carbonyl (C=O) groups excluding carboxylic acids is 2. The maximum atomic E-state index is 12.5. The fraction of sp³-hybridized carbons (Fsp3) is 0.333. The Hall–Kier alpha value is -3.42. The monoisotopic (exact) mass is 402 g/mol. The first-order valence-corrected chi connectivity index (χ1v) is 8.96. The second-order valence-electron chi connectivity index (χ2n) is 6.13. The SMILES string of the molecule is COc1ccc(NC(C)=O)c(NC(=O)CCc2ccc(OC)c(OC)c2OC)c1. The number of aryl methyl sites for hydroxylation is 1. The Morgan fingerprint density at radius 1 is 0.828 bits per heavy atom. The van der Waals surface area contributed by atoms with Gasteiger partial charge in [0.05, 0.1) is 39.8 Å². The zero-order chi connectivity index (χ0) is 21.4. The average Bonchev–Trinajstić information content (AvgIpc) is 2.72. The Balaban J connectivity index is 2.15. The molecule has 0 radical (unpaired) electrons. The Kier molecular flexibility index (Phi) is 7.70. The molecule has 2 N–H and O–H groups in total. The van der Waals surface area contributed by atoms with Gasteiger partial charge in [-0.3, -0.25) is 9.59 Å². The smallest absolute Gasteiger partial charge is 0.224 e. The van der Waals surface area contributed by atoms with Gasteiger partial charge in [0, 0.05) is 19.4 Å². The van der Waals surface area contributed by atoms with Crippen molar-refractivity contribution in [3.63, 3.8) is 0 Å². The Labute approximate surface area is 170 Å².